The summed E-state index contributed by atoms with van der Waals surface area (Å²) in [7, 11) is 7.91. The van der Waals surface area contributed by atoms with Crippen LogP contribution in [0.4, 0.5) is 0 Å². The Morgan fingerprint density at radius 2 is 1.62 bits per heavy atom. The number of hydrogen-bond acceptors (Lipinski definition) is 10. The van der Waals surface area contributed by atoms with Crippen LogP contribution < -0.4 is 16.0 Å². The van der Waals surface area contributed by atoms with E-state index in [0.29, 0.717) is 13.0 Å². The molecule has 1 saturated heterocycles. The van der Waals surface area contributed by atoms with Gasteiger partial charge in [0.15, 0.2) is 0 Å². The smallest absolute Gasteiger partial charge is 0.328 e. The number of carbonyl (C=O) groups excluding carboxylic acids is 5. The van der Waals surface area contributed by atoms with Crippen molar-refractivity contribution in [1.82, 2.24) is 25.8 Å². The van der Waals surface area contributed by atoms with E-state index in [-0.39, 0.29) is 48.6 Å². The summed E-state index contributed by atoms with van der Waals surface area (Å²) in [6.45, 7) is 13.6. The van der Waals surface area contributed by atoms with E-state index >= 15 is 0 Å². The van der Waals surface area contributed by atoms with E-state index in [1.54, 1.807) is 39.8 Å². The van der Waals surface area contributed by atoms with Crippen molar-refractivity contribution in [2.24, 2.45) is 17.8 Å². The molecule has 1 fully saturated rings. The van der Waals surface area contributed by atoms with E-state index in [2.05, 4.69) is 29.8 Å². The van der Waals surface area contributed by atoms with Crippen LogP contribution in [0.25, 0.3) is 0 Å². The van der Waals surface area contributed by atoms with E-state index in [9.17, 15) is 24.0 Å². The lowest BCUT2D eigenvalue weighted by atomic mass is 9.87. The molecule has 1 aliphatic rings. The molecule has 0 spiro atoms. The minimum Gasteiger partial charge on any atom is -0.467 e. The van der Waals surface area contributed by atoms with Crippen molar-refractivity contribution in [1.29, 1.82) is 0 Å². The van der Waals surface area contributed by atoms with Crippen molar-refractivity contribution < 1.29 is 38.2 Å². The van der Waals surface area contributed by atoms with Gasteiger partial charge in [-0.3, -0.25) is 29.4 Å². The Morgan fingerprint density at radius 1 is 0.981 bits per heavy atom. The fourth-order valence-corrected chi connectivity index (χ4v) is 7.28. The van der Waals surface area contributed by atoms with Gasteiger partial charge in [-0.1, -0.05) is 71.4 Å². The van der Waals surface area contributed by atoms with Crippen molar-refractivity contribution in [3.05, 3.63) is 35.9 Å². The van der Waals surface area contributed by atoms with E-state index in [4.69, 9.17) is 14.2 Å². The third kappa shape index (κ3) is 11.6. The van der Waals surface area contributed by atoms with Gasteiger partial charge in [-0.2, -0.15) is 0 Å². The molecule has 13 heteroatoms. The van der Waals surface area contributed by atoms with Crippen LogP contribution >= 0.6 is 0 Å². The molecule has 52 heavy (non-hydrogen) atoms. The van der Waals surface area contributed by atoms with Crippen LogP contribution in [0.15, 0.2) is 30.3 Å². The van der Waals surface area contributed by atoms with Crippen LogP contribution in [-0.4, -0.2) is 123 Å². The van der Waals surface area contributed by atoms with Gasteiger partial charge < -0.3 is 29.7 Å². The van der Waals surface area contributed by atoms with E-state index in [1.807, 2.05) is 56.1 Å². The standard InChI is InChI=1S/C39H65N5O8/c1-13-25(4)33(43(9)32(24(2)3)36(47)42-38(49)39(6,7)40-8)30(50-10)23-31(45)44-21-17-20-29(44)34(51-11)26(5)35(46)41-28(37(48)52-12)22-27-18-15-14-16-19-27/h14-16,18-19,24-26,28-30,32-34,40H,13,17,20-23H2,1-12H3,(H,41,46)(H,42,47,49)/t25-,26+,28-,29-,30+,32-,33-,34+/m0/s1. The predicted octanol–water partition coefficient (Wildman–Crippen LogP) is 2.95. The van der Waals surface area contributed by atoms with Crippen LogP contribution in [0, 0.1) is 17.8 Å². The van der Waals surface area contributed by atoms with Crippen LogP contribution in [0.2, 0.25) is 0 Å². The fourth-order valence-electron chi connectivity index (χ4n) is 7.28. The largest absolute Gasteiger partial charge is 0.467 e. The topological polar surface area (TPSA) is 156 Å². The Bertz CT molecular complexity index is 1320. The van der Waals surface area contributed by atoms with Crippen LogP contribution in [-0.2, 0) is 44.6 Å². The number of hydrogen-bond donors (Lipinski definition) is 3. The molecule has 0 unspecified atom stereocenters. The number of esters is 1. The lowest BCUT2D eigenvalue weighted by Crippen LogP contribution is -2.61. The maximum Gasteiger partial charge on any atom is 0.328 e. The molecule has 2 rings (SSSR count). The first-order chi connectivity index (χ1) is 24.5. The number of carbonyl (C=O) groups is 5. The van der Waals surface area contributed by atoms with Gasteiger partial charge in [-0.05, 0) is 58.2 Å². The van der Waals surface area contributed by atoms with Crippen molar-refractivity contribution in [3.63, 3.8) is 0 Å². The van der Waals surface area contributed by atoms with Crippen molar-refractivity contribution >= 4 is 29.6 Å². The molecular weight excluding hydrogens is 666 g/mol. The maximum atomic E-state index is 14.2. The minimum absolute atomic E-state index is 0.0321. The number of rotatable bonds is 20. The SMILES string of the molecule is CC[C@H](C)[C@@H]([C@@H](CC(=O)N1CCC[C@H]1[C@H](OC)[C@@H](C)C(=O)N[C@@H](Cc1ccccc1)C(=O)OC)OC)N(C)[C@H](C(=O)NC(=O)C(C)(C)NC)C(C)C. The molecule has 0 saturated carbocycles. The molecule has 1 heterocycles. The van der Waals surface area contributed by atoms with E-state index in [1.165, 1.54) is 14.2 Å². The van der Waals surface area contributed by atoms with Crippen LogP contribution in [0.5, 0.6) is 0 Å². The Balaban J connectivity index is 2.29. The Hall–Kier alpha value is -3.39. The predicted molar refractivity (Wildman–Crippen MR) is 200 cm³/mol. The molecule has 1 aromatic carbocycles. The highest BCUT2D eigenvalue weighted by Gasteiger charge is 2.44. The minimum atomic E-state index is -0.941. The molecule has 1 aromatic rings. The molecule has 4 amide bonds. The summed E-state index contributed by atoms with van der Waals surface area (Å²) in [5, 5.41) is 8.39. The highest BCUT2D eigenvalue weighted by atomic mass is 16.5. The monoisotopic (exact) mass is 731 g/mol. The van der Waals surface area contributed by atoms with E-state index in [0.717, 1.165) is 18.4 Å². The Morgan fingerprint density at radius 3 is 2.13 bits per heavy atom. The zero-order valence-corrected chi connectivity index (χ0v) is 33.5. The molecule has 3 N–H and O–H groups in total. The first-order valence-corrected chi connectivity index (χ1v) is 18.5. The summed E-state index contributed by atoms with van der Waals surface area (Å²) < 4.78 is 17.0. The van der Waals surface area contributed by atoms with Gasteiger partial charge in [-0.15, -0.1) is 0 Å². The molecule has 0 bridgehead atoms. The van der Waals surface area contributed by atoms with Crippen molar-refractivity contribution in [3.8, 4) is 0 Å². The first-order valence-electron chi connectivity index (χ1n) is 18.5. The highest BCUT2D eigenvalue weighted by molar-refractivity contribution is 6.01. The molecule has 294 valence electrons. The van der Waals surface area contributed by atoms with Crippen LogP contribution in [0.1, 0.15) is 79.7 Å². The second-order valence-electron chi connectivity index (χ2n) is 15.0. The Labute approximate surface area is 311 Å². The number of likely N-dealkylation sites (N-methyl/N-ethyl adjacent to an activating group) is 2. The first kappa shape index (κ1) is 44.8. The number of nitrogens with zero attached hydrogens (tertiary/aromatic N) is 2. The van der Waals surface area contributed by atoms with E-state index < -0.39 is 53.5 Å². The average molecular weight is 732 g/mol. The molecule has 0 aromatic heterocycles. The van der Waals surface area contributed by atoms with Gasteiger partial charge in [-0.25, -0.2) is 4.79 Å². The fraction of sp³-hybridized carbons (Fsp3) is 0.718. The average Bonchev–Trinajstić information content (AvgIpc) is 3.60. The summed E-state index contributed by atoms with van der Waals surface area (Å²) in [6, 6.07) is 7.11. The summed E-state index contributed by atoms with van der Waals surface area (Å²) in [5.74, 6) is -2.71. The number of benzene rings is 1. The number of methoxy groups -OCH3 is 3. The zero-order chi connectivity index (χ0) is 39.3. The van der Waals surface area contributed by atoms with Crippen LogP contribution in [0.3, 0.4) is 0 Å². The summed E-state index contributed by atoms with van der Waals surface area (Å²) in [6.07, 6.45) is 1.25. The van der Waals surface area contributed by atoms with Gasteiger partial charge in [0.25, 0.3) is 0 Å². The van der Waals surface area contributed by atoms with Gasteiger partial charge in [0.1, 0.15) is 6.04 Å². The van der Waals surface area contributed by atoms with Crippen molar-refractivity contribution in [2.45, 2.75) is 122 Å². The van der Waals surface area contributed by atoms with Gasteiger partial charge in [0.2, 0.25) is 23.6 Å². The highest BCUT2D eigenvalue weighted by Crippen LogP contribution is 2.30. The van der Waals surface area contributed by atoms with Gasteiger partial charge in [0.05, 0.1) is 49.3 Å². The zero-order valence-electron chi connectivity index (χ0n) is 33.5. The second kappa shape index (κ2) is 20.7. The third-order valence-corrected chi connectivity index (χ3v) is 10.8. The number of ether oxygens (including phenoxy) is 3. The van der Waals surface area contributed by atoms with Crippen molar-refractivity contribution in [2.75, 3.05) is 42.0 Å². The lowest BCUT2D eigenvalue weighted by molar-refractivity contribution is -0.147. The molecule has 8 atom stereocenters. The summed E-state index contributed by atoms with van der Waals surface area (Å²) in [4.78, 5) is 70.8. The molecule has 1 aliphatic heterocycles. The molecule has 0 aliphatic carbocycles. The third-order valence-electron chi connectivity index (χ3n) is 10.8. The summed E-state index contributed by atoms with van der Waals surface area (Å²) >= 11 is 0. The second-order valence-corrected chi connectivity index (χ2v) is 15.0. The number of imide groups is 1. The quantitative estimate of drug-likeness (QED) is 0.171. The molecule has 0 radical (unpaired) electrons. The number of nitrogens with one attached hydrogen (secondary N) is 3. The van der Waals surface area contributed by atoms with Gasteiger partial charge in [0, 0.05) is 33.2 Å². The maximum absolute atomic E-state index is 14.2. The normalized spacial score (nSPS) is 19.0. The number of likely N-dealkylation sites (tertiary alicyclic amines) is 1. The summed E-state index contributed by atoms with van der Waals surface area (Å²) in [5.41, 5.74) is -0.0642. The molecular formula is C39H65N5O8. The number of amides is 4. The molecule has 13 nitrogen and oxygen atoms in total. The Kier molecular flexibility index (Phi) is 17.9. The lowest BCUT2D eigenvalue weighted by Gasteiger charge is -2.43. The van der Waals surface area contributed by atoms with Gasteiger partial charge >= 0.3 is 5.97 Å².